The van der Waals surface area contributed by atoms with Gasteiger partial charge in [0.25, 0.3) is 0 Å². The van der Waals surface area contributed by atoms with Gasteiger partial charge in [0.1, 0.15) is 5.60 Å². The summed E-state index contributed by atoms with van der Waals surface area (Å²) >= 11 is 0. The molecular weight excluding hydrogens is 268 g/mol. The van der Waals surface area contributed by atoms with E-state index in [1.807, 2.05) is 45.6 Å². The second-order valence-electron chi connectivity index (χ2n) is 6.35. The second kappa shape index (κ2) is 7.45. The van der Waals surface area contributed by atoms with Crippen molar-refractivity contribution in [2.24, 2.45) is 7.05 Å². The van der Waals surface area contributed by atoms with Crippen LogP contribution in [-0.2, 0) is 18.3 Å². The van der Waals surface area contributed by atoms with Crippen molar-refractivity contribution in [2.75, 3.05) is 20.1 Å². The molecule has 1 rings (SSSR count). The van der Waals surface area contributed by atoms with Gasteiger partial charge in [-0.15, -0.1) is 0 Å². The molecule has 0 saturated heterocycles. The Bertz CT molecular complexity index is 463. The van der Waals surface area contributed by atoms with E-state index in [-0.39, 0.29) is 6.09 Å². The van der Waals surface area contributed by atoms with Crippen molar-refractivity contribution in [1.29, 1.82) is 0 Å². The molecule has 0 radical (unpaired) electrons. The van der Waals surface area contributed by atoms with Gasteiger partial charge in [0, 0.05) is 38.9 Å². The molecule has 0 unspecified atom stereocenters. The average molecular weight is 296 g/mol. The van der Waals surface area contributed by atoms with Gasteiger partial charge in [-0.05, 0) is 40.7 Å². The van der Waals surface area contributed by atoms with Crippen LogP contribution in [0.5, 0.6) is 0 Å². The monoisotopic (exact) mass is 296 g/mol. The number of carbonyl (C=O) groups excluding carboxylic acids is 1. The third-order valence-electron chi connectivity index (χ3n) is 2.98. The lowest BCUT2D eigenvalue weighted by atomic mass is 10.2. The van der Waals surface area contributed by atoms with Gasteiger partial charge >= 0.3 is 6.09 Å². The van der Waals surface area contributed by atoms with Crippen LogP contribution >= 0.6 is 0 Å². The van der Waals surface area contributed by atoms with E-state index < -0.39 is 5.60 Å². The average Bonchev–Trinajstić information content (AvgIpc) is 2.65. The Kier molecular flexibility index (Phi) is 6.20. The zero-order chi connectivity index (χ0) is 16.0. The number of carbonyl (C=O) groups is 1. The van der Waals surface area contributed by atoms with E-state index in [1.54, 1.807) is 11.9 Å². The zero-order valence-corrected chi connectivity index (χ0v) is 14.1. The first-order valence-electron chi connectivity index (χ1n) is 7.33. The highest BCUT2D eigenvalue weighted by Gasteiger charge is 2.18. The highest BCUT2D eigenvalue weighted by molar-refractivity contribution is 5.67. The quantitative estimate of drug-likeness (QED) is 0.817. The van der Waals surface area contributed by atoms with Crippen molar-refractivity contribution in [1.82, 2.24) is 20.0 Å². The molecule has 1 heterocycles. The van der Waals surface area contributed by atoms with Gasteiger partial charge in [0.15, 0.2) is 0 Å². The first-order chi connectivity index (χ1) is 9.69. The molecule has 0 spiro atoms. The normalized spacial score (nSPS) is 11.5. The number of hydrogen-bond donors (Lipinski definition) is 1. The van der Waals surface area contributed by atoms with Crippen molar-refractivity contribution >= 4 is 6.09 Å². The second-order valence-corrected chi connectivity index (χ2v) is 6.35. The summed E-state index contributed by atoms with van der Waals surface area (Å²) in [6, 6.07) is 0. The highest BCUT2D eigenvalue weighted by Crippen LogP contribution is 2.09. The van der Waals surface area contributed by atoms with Crippen molar-refractivity contribution in [2.45, 2.75) is 46.3 Å². The molecule has 120 valence electrons. The van der Waals surface area contributed by atoms with Gasteiger partial charge in [0.2, 0.25) is 0 Å². The van der Waals surface area contributed by atoms with E-state index in [2.05, 4.69) is 10.4 Å². The van der Waals surface area contributed by atoms with Gasteiger partial charge in [0.05, 0.1) is 5.69 Å². The van der Waals surface area contributed by atoms with Crippen LogP contribution in [0, 0.1) is 6.92 Å². The predicted octanol–water partition coefficient (Wildman–Crippen LogP) is 2.08. The summed E-state index contributed by atoms with van der Waals surface area (Å²) in [5.41, 5.74) is 1.82. The van der Waals surface area contributed by atoms with Crippen LogP contribution in [0.3, 0.4) is 0 Å². The summed E-state index contributed by atoms with van der Waals surface area (Å²) in [5, 5.41) is 7.67. The lowest BCUT2D eigenvalue weighted by Gasteiger charge is -2.24. The molecule has 6 heteroatoms. The molecule has 0 saturated carbocycles. The number of nitrogens with one attached hydrogen (secondary N) is 1. The van der Waals surface area contributed by atoms with E-state index >= 15 is 0 Å². The van der Waals surface area contributed by atoms with E-state index in [4.69, 9.17) is 4.74 Å². The fourth-order valence-electron chi connectivity index (χ4n) is 1.92. The lowest BCUT2D eigenvalue weighted by Crippen LogP contribution is -2.35. The largest absolute Gasteiger partial charge is 0.444 e. The maximum absolute atomic E-state index is 11.8. The summed E-state index contributed by atoms with van der Waals surface area (Å²) in [4.78, 5) is 13.4. The molecule has 0 aromatic carbocycles. The molecule has 0 bridgehead atoms. The van der Waals surface area contributed by atoms with Gasteiger partial charge in [-0.3, -0.25) is 4.68 Å². The molecule has 21 heavy (non-hydrogen) atoms. The Labute approximate surface area is 127 Å². The Morgan fingerprint density at radius 1 is 1.48 bits per heavy atom. The van der Waals surface area contributed by atoms with Crippen LogP contribution in [-0.4, -0.2) is 46.5 Å². The zero-order valence-electron chi connectivity index (χ0n) is 14.1. The molecule has 0 aliphatic rings. The van der Waals surface area contributed by atoms with E-state index in [0.717, 1.165) is 25.2 Å². The van der Waals surface area contributed by atoms with Gasteiger partial charge in [-0.25, -0.2) is 4.79 Å². The minimum absolute atomic E-state index is 0.273. The molecule has 1 aromatic heterocycles. The smallest absolute Gasteiger partial charge is 0.410 e. The SMILES string of the molecule is Cc1nn(C)cc1CNCCCN(C)C(=O)OC(C)(C)C. The summed E-state index contributed by atoms with van der Waals surface area (Å²) in [6.45, 7) is 9.95. The number of amides is 1. The molecular formula is C15H28N4O2. The number of rotatable bonds is 6. The van der Waals surface area contributed by atoms with E-state index in [1.165, 1.54) is 5.56 Å². The Balaban J connectivity index is 2.19. The first-order valence-corrected chi connectivity index (χ1v) is 7.33. The molecule has 0 atom stereocenters. The first kappa shape index (κ1) is 17.5. The number of nitrogens with zero attached hydrogens (tertiary/aromatic N) is 3. The Hall–Kier alpha value is -1.56. The van der Waals surface area contributed by atoms with Crippen LogP contribution in [0.2, 0.25) is 0 Å². The van der Waals surface area contributed by atoms with Gasteiger partial charge in [-0.1, -0.05) is 0 Å². The third kappa shape index (κ3) is 6.62. The van der Waals surface area contributed by atoms with Crippen LogP contribution < -0.4 is 5.32 Å². The maximum Gasteiger partial charge on any atom is 0.410 e. The van der Waals surface area contributed by atoms with Crippen LogP contribution in [0.1, 0.15) is 38.4 Å². The van der Waals surface area contributed by atoms with Gasteiger partial charge < -0.3 is 15.0 Å². The lowest BCUT2D eigenvalue weighted by molar-refractivity contribution is 0.0297. The van der Waals surface area contributed by atoms with Crippen molar-refractivity contribution < 1.29 is 9.53 Å². The molecule has 1 aromatic rings. The summed E-state index contributed by atoms with van der Waals surface area (Å²) in [5.74, 6) is 0. The highest BCUT2D eigenvalue weighted by atomic mass is 16.6. The fourth-order valence-corrected chi connectivity index (χ4v) is 1.92. The number of hydrogen-bond acceptors (Lipinski definition) is 4. The number of aromatic nitrogens is 2. The van der Waals surface area contributed by atoms with E-state index in [0.29, 0.717) is 6.54 Å². The number of aryl methyl sites for hydroxylation is 2. The maximum atomic E-state index is 11.8. The standard InChI is InChI=1S/C15H28N4O2/c1-12-13(11-19(6)17-12)10-16-8-7-9-18(5)14(20)21-15(2,3)4/h11,16H,7-10H2,1-6H3. The van der Waals surface area contributed by atoms with Gasteiger partial charge in [-0.2, -0.15) is 5.10 Å². The van der Waals surface area contributed by atoms with Crippen molar-refractivity contribution in [3.05, 3.63) is 17.5 Å². The number of ether oxygens (including phenoxy) is 1. The summed E-state index contributed by atoms with van der Waals surface area (Å²) in [6.07, 6.45) is 2.63. The van der Waals surface area contributed by atoms with Crippen LogP contribution in [0.15, 0.2) is 6.20 Å². The van der Waals surface area contributed by atoms with Crippen molar-refractivity contribution in [3.63, 3.8) is 0 Å². The summed E-state index contributed by atoms with van der Waals surface area (Å²) in [7, 11) is 3.69. The van der Waals surface area contributed by atoms with Crippen molar-refractivity contribution in [3.8, 4) is 0 Å². The summed E-state index contributed by atoms with van der Waals surface area (Å²) < 4.78 is 7.12. The molecule has 1 amide bonds. The molecule has 1 N–H and O–H groups in total. The van der Waals surface area contributed by atoms with E-state index in [9.17, 15) is 4.79 Å². The molecule has 0 fully saturated rings. The topological polar surface area (TPSA) is 59.4 Å². The van der Waals surface area contributed by atoms with Crippen LogP contribution in [0.4, 0.5) is 4.79 Å². The molecule has 6 nitrogen and oxygen atoms in total. The Morgan fingerprint density at radius 3 is 2.67 bits per heavy atom. The third-order valence-corrected chi connectivity index (χ3v) is 2.98. The minimum atomic E-state index is -0.443. The van der Waals surface area contributed by atoms with Crippen LogP contribution in [0.25, 0.3) is 0 Å². The Morgan fingerprint density at radius 2 is 2.14 bits per heavy atom. The predicted molar refractivity (Wildman–Crippen MR) is 83.1 cm³/mol. The fraction of sp³-hybridized carbons (Fsp3) is 0.733. The molecule has 0 aliphatic carbocycles. The minimum Gasteiger partial charge on any atom is -0.444 e. The molecule has 0 aliphatic heterocycles.